The molecule has 1 atom stereocenters. The third-order valence-corrected chi connectivity index (χ3v) is 3.51. The molecule has 4 heterocycles. The molecule has 0 aromatic rings. The molecule has 0 aromatic carbocycles. The Morgan fingerprint density at radius 2 is 1.47 bits per heavy atom. The zero-order valence-corrected chi connectivity index (χ0v) is 8.92. The first-order valence-electron chi connectivity index (χ1n) is 5.50. The minimum absolute atomic E-state index is 0.125. The van der Waals surface area contributed by atoms with E-state index >= 15 is 0 Å². The Morgan fingerprint density at radius 1 is 1.00 bits per heavy atom. The van der Waals surface area contributed by atoms with Gasteiger partial charge in [-0.05, 0) is 0 Å². The number of rotatable bonds is 3. The van der Waals surface area contributed by atoms with Crippen molar-refractivity contribution < 1.29 is 14.7 Å². The fraction of sp³-hybridized carbons (Fsp3) is 1.00. The fourth-order valence-corrected chi connectivity index (χ4v) is 3.34. The summed E-state index contributed by atoms with van der Waals surface area (Å²) in [6, 6.07) is 0. The Balaban J connectivity index is 1.75. The van der Waals surface area contributed by atoms with Crippen LogP contribution in [0.15, 0.2) is 0 Å². The second-order valence-corrected chi connectivity index (χ2v) is 5.22. The Hall–Kier alpha value is -0.240. The molecule has 0 aliphatic carbocycles. The van der Waals surface area contributed by atoms with E-state index in [2.05, 4.69) is 14.7 Å². The van der Waals surface area contributed by atoms with Gasteiger partial charge < -0.3 is 10.2 Å². The first-order valence-corrected chi connectivity index (χ1v) is 5.50. The summed E-state index contributed by atoms with van der Waals surface area (Å²) >= 11 is 0. The van der Waals surface area contributed by atoms with Crippen molar-refractivity contribution in [1.82, 2.24) is 14.7 Å². The molecule has 4 saturated heterocycles. The van der Waals surface area contributed by atoms with Gasteiger partial charge in [-0.1, -0.05) is 0 Å². The van der Waals surface area contributed by atoms with Crippen LogP contribution in [-0.4, -0.2) is 88.7 Å². The standard InChI is InChI=1S/C9H19N4O2/c14-2-9(15)1-13-6-10-3-11(7-13)5-12(4-10)8-13/h9,14-15H,1-8H2/q+1. The minimum atomic E-state index is -0.579. The quantitative estimate of drug-likeness (QED) is 0.526. The predicted octanol–water partition coefficient (Wildman–Crippen LogP) is -2.15. The van der Waals surface area contributed by atoms with E-state index < -0.39 is 6.10 Å². The molecule has 4 aliphatic heterocycles. The zero-order valence-electron chi connectivity index (χ0n) is 8.92. The van der Waals surface area contributed by atoms with Crippen LogP contribution in [0.4, 0.5) is 0 Å². The number of hydrogen-bond acceptors (Lipinski definition) is 5. The predicted molar refractivity (Wildman–Crippen MR) is 52.9 cm³/mol. The molecule has 1 unspecified atom stereocenters. The highest BCUT2D eigenvalue weighted by Crippen LogP contribution is 2.28. The zero-order chi connectivity index (χ0) is 10.5. The summed E-state index contributed by atoms with van der Waals surface area (Å²) in [5.74, 6) is 0. The van der Waals surface area contributed by atoms with Crippen LogP contribution < -0.4 is 0 Å². The monoisotopic (exact) mass is 215 g/mol. The van der Waals surface area contributed by atoms with Crippen LogP contribution in [0.25, 0.3) is 0 Å². The van der Waals surface area contributed by atoms with Crippen molar-refractivity contribution in [3.63, 3.8) is 0 Å². The van der Waals surface area contributed by atoms with E-state index in [1.54, 1.807) is 0 Å². The van der Waals surface area contributed by atoms with Crippen LogP contribution in [0.1, 0.15) is 0 Å². The molecule has 4 aliphatic rings. The molecule has 86 valence electrons. The summed E-state index contributed by atoms with van der Waals surface area (Å²) in [5.41, 5.74) is 0. The second kappa shape index (κ2) is 3.38. The number of hydrogen-bond donors (Lipinski definition) is 2. The molecule has 6 nitrogen and oxygen atoms in total. The lowest BCUT2D eigenvalue weighted by molar-refractivity contribution is -0.982. The maximum atomic E-state index is 9.60. The first-order chi connectivity index (χ1) is 7.19. The Kier molecular flexibility index (Phi) is 2.24. The van der Waals surface area contributed by atoms with E-state index in [-0.39, 0.29) is 6.61 Å². The molecule has 0 amide bonds. The Morgan fingerprint density at radius 3 is 1.87 bits per heavy atom. The van der Waals surface area contributed by atoms with Crippen LogP contribution in [-0.2, 0) is 0 Å². The van der Waals surface area contributed by atoms with Gasteiger partial charge in [0.15, 0.2) is 0 Å². The average molecular weight is 215 g/mol. The number of aliphatic hydroxyl groups is 2. The maximum Gasteiger partial charge on any atom is 0.139 e. The lowest BCUT2D eigenvalue weighted by Gasteiger charge is -2.61. The smallest absolute Gasteiger partial charge is 0.139 e. The molecule has 15 heavy (non-hydrogen) atoms. The summed E-state index contributed by atoms with van der Waals surface area (Å²) in [7, 11) is 0. The average Bonchev–Trinajstić information content (AvgIpc) is 2.14. The molecule has 0 spiro atoms. The van der Waals surface area contributed by atoms with Gasteiger partial charge in [0.25, 0.3) is 0 Å². The molecule has 4 rings (SSSR count). The van der Waals surface area contributed by atoms with Crippen LogP contribution in [0, 0.1) is 0 Å². The highest BCUT2D eigenvalue weighted by Gasteiger charge is 2.48. The Labute approximate surface area is 89.5 Å². The molecule has 0 radical (unpaired) electrons. The molecule has 4 bridgehead atoms. The number of quaternary nitrogens is 1. The largest absolute Gasteiger partial charge is 0.393 e. The van der Waals surface area contributed by atoms with E-state index in [0.717, 1.165) is 44.5 Å². The molecule has 6 heteroatoms. The van der Waals surface area contributed by atoms with Gasteiger partial charge in [-0.25, -0.2) is 14.7 Å². The summed E-state index contributed by atoms with van der Waals surface area (Å²) in [6.45, 7) is 6.78. The van der Waals surface area contributed by atoms with Crippen LogP contribution >= 0.6 is 0 Å². The molecule has 2 N–H and O–H groups in total. The van der Waals surface area contributed by atoms with Crippen LogP contribution in [0.3, 0.4) is 0 Å². The lowest BCUT2D eigenvalue weighted by Crippen LogP contribution is -2.80. The molecule has 0 aromatic heterocycles. The van der Waals surface area contributed by atoms with Crippen molar-refractivity contribution >= 4 is 0 Å². The third kappa shape index (κ3) is 1.67. The molecular weight excluding hydrogens is 196 g/mol. The lowest BCUT2D eigenvalue weighted by atomic mass is 10.2. The van der Waals surface area contributed by atoms with E-state index in [1.165, 1.54) is 0 Å². The van der Waals surface area contributed by atoms with Crippen LogP contribution in [0.5, 0.6) is 0 Å². The number of aliphatic hydroxyl groups excluding tert-OH is 2. The molecular formula is C9H19N4O2+. The van der Waals surface area contributed by atoms with Gasteiger partial charge in [-0.15, -0.1) is 0 Å². The summed E-state index contributed by atoms with van der Waals surface area (Å²) in [4.78, 5) is 7.21. The van der Waals surface area contributed by atoms with Gasteiger partial charge in [0, 0.05) is 0 Å². The van der Waals surface area contributed by atoms with Crippen molar-refractivity contribution in [2.45, 2.75) is 6.10 Å². The van der Waals surface area contributed by atoms with E-state index in [1.807, 2.05) is 0 Å². The van der Waals surface area contributed by atoms with E-state index in [9.17, 15) is 5.11 Å². The maximum absolute atomic E-state index is 9.60. The second-order valence-electron chi connectivity index (χ2n) is 5.22. The topological polar surface area (TPSA) is 50.2 Å². The summed E-state index contributed by atoms with van der Waals surface area (Å²) in [5, 5.41) is 18.5. The summed E-state index contributed by atoms with van der Waals surface area (Å²) in [6.07, 6.45) is -0.579. The van der Waals surface area contributed by atoms with Gasteiger partial charge in [-0.3, -0.25) is 4.48 Å². The van der Waals surface area contributed by atoms with Gasteiger partial charge in [0.1, 0.15) is 32.7 Å². The van der Waals surface area contributed by atoms with Crippen molar-refractivity contribution in [1.29, 1.82) is 0 Å². The first kappa shape index (κ1) is 9.95. The van der Waals surface area contributed by atoms with Gasteiger partial charge in [0.2, 0.25) is 0 Å². The molecule has 0 saturated carbocycles. The third-order valence-electron chi connectivity index (χ3n) is 3.51. The van der Waals surface area contributed by atoms with Crippen LogP contribution in [0.2, 0.25) is 0 Å². The van der Waals surface area contributed by atoms with Gasteiger partial charge in [-0.2, -0.15) is 0 Å². The van der Waals surface area contributed by atoms with E-state index in [0.29, 0.717) is 6.54 Å². The van der Waals surface area contributed by atoms with Crippen molar-refractivity contribution in [2.75, 3.05) is 53.2 Å². The van der Waals surface area contributed by atoms with Crippen molar-refractivity contribution in [3.05, 3.63) is 0 Å². The highest BCUT2D eigenvalue weighted by molar-refractivity contribution is 4.74. The highest BCUT2D eigenvalue weighted by atomic mass is 16.3. The fourth-order valence-electron chi connectivity index (χ4n) is 3.34. The summed E-state index contributed by atoms with van der Waals surface area (Å²) < 4.78 is 0.891. The number of nitrogens with zero attached hydrogens (tertiary/aromatic N) is 4. The molecule has 4 fully saturated rings. The normalized spacial score (nSPS) is 49.6. The van der Waals surface area contributed by atoms with Gasteiger partial charge in [0.05, 0.1) is 26.6 Å². The Bertz CT molecular complexity index is 225. The van der Waals surface area contributed by atoms with E-state index in [4.69, 9.17) is 5.11 Å². The van der Waals surface area contributed by atoms with Crippen molar-refractivity contribution in [3.8, 4) is 0 Å². The van der Waals surface area contributed by atoms with Gasteiger partial charge >= 0.3 is 0 Å². The SMILES string of the molecule is OCC(O)C[N+]12CN3CN(CN(C3)C1)C2. The van der Waals surface area contributed by atoms with Crippen molar-refractivity contribution in [2.24, 2.45) is 0 Å². The minimum Gasteiger partial charge on any atom is -0.393 e.